The van der Waals surface area contributed by atoms with E-state index in [9.17, 15) is 0 Å². The van der Waals surface area contributed by atoms with Crippen LogP contribution in [-0.2, 0) is 0 Å². The van der Waals surface area contributed by atoms with Gasteiger partial charge in [-0.1, -0.05) is 47.5 Å². The summed E-state index contributed by atoms with van der Waals surface area (Å²) in [5, 5.41) is 0. The molecule has 3 atom stereocenters. The van der Waals surface area contributed by atoms with Crippen LogP contribution in [0.3, 0.4) is 0 Å². The van der Waals surface area contributed by atoms with Gasteiger partial charge in [0.25, 0.3) is 0 Å². The van der Waals surface area contributed by atoms with Crippen LogP contribution in [0, 0.1) is 17.8 Å². The zero-order valence-corrected chi connectivity index (χ0v) is 9.56. The van der Waals surface area contributed by atoms with E-state index in [0.29, 0.717) is 0 Å². The Labute approximate surface area is 78.8 Å². The molecular weight excluding hydrogens is 144 g/mol. The molecule has 0 aromatic rings. The van der Waals surface area contributed by atoms with Crippen LogP contribution < -0.4 is 0 Å². The second-order valence-electron chi connectivity index (χ2n) is 4.43. The molecule has 0 aromatic heterocycles. The van der Waals surface area contributed by atoms with Crippen molar-refractivity contribution >= 4 is 0 Å². The van der Waals surface area contributed by atoms with Gasteiger partial charge in [-0.3, -0.25) is 0 Å². The summed E-state index contributed by atoms with van der Waals surface area (Å²) < 4.78 is 0. The molecule has 0 radical (unpaired) electrons. The summed E-state index contributed by atoms with van der Waals surface area (Å²) >= 11 is 0. The highest BCUT2D eigenvalue weighted by Gasteiger charge is 2.26. The van der Waals surface area contributed by atoms with Crippen LogP contribution in [0.5, 0.6) is 0 Å². The average Bonchev–Trinajstić information content (AvgIpc) is 2.31. The molecular formula is C12H26. The molecule has 0 bridgehead atoms. The molecule has 0 amide bonds. The van der Waals surface area contributed by atoms with Crippen molar-refractivity contribution < 1.29 is 0 Å². The first-order valence-corrected chi connectivity index (χ1v) is 5.65. The predicted molar refractivity (Wildman–Crippen MR) is 57.3 cm³/mol. The summed E-state index contributed by atoms with van der Waals surface area (Å²) in [6, 6.07) is 0. The molecule has 3 unspecified atom stereocenters. The standard InChI is InChI=1S/C9H18.C3H8/c1-4-9-6-7(2)5-8(9)3;1-3-2/h7-9H,4-6H2,1-3H3;3H2,1-2H3. The number of rotatable bonds is 1. The molecule has 1 saturated carbocycles. The molecule has 0 heteroatoms. The summed E-state index contributed by atoms with van der Waals surface area (Å²) in [6.45, 7) is 11.4. The first-order valence-electron chi connectivity index (χ1n) is 5.65. The van der Waals surface area contributed by atoms with Gasteiger partial charge >= 0.3 is 0 Å². The highest BCUT2D eigenvalue weighted by Crippen LogP contribution is 2.37. The lowest BCUT2D eigenvalue weighted by Gasteiger charge is -2.10. The second-order valence-corrected chi connectivity index (χ2v) is 4.43. The van der Waals surface area contributed by atoms with Crippen molar-refractivity contribution in [2.24, 2.45) is 17.8 Å². The topological polar surface area (TPSA) is 0 Å². The minimum atomic E-state index is 1.00. The molecule has 0 nitrogen and oxygen atoms in total. The fourth-order valence-corrected chi connectivity index (χ4v) is 2.24. The molecule has 0 heterocycles. The van der Waals surface area contributed by atoms with E-state index < -0.39 is 0 Å². The first kappa shape index (κ1) is 12.0. The molecule has 1 fully saturated rings. The van der Waals surface area contributed by atoms with Crippen molar-refractivity contribution in [3.8, 4) is 0 Å². The Kier molecular flexibility index (Phi) is 6.51. The first-order chi connectivity index (χ1) is 5.65. The van der Waals surface area contributed by atoms with Crippen LogP contribution in [0.2, 0.25) is 0 Å². The lowest BCUT2D eigenvalue weighted by Crippen LogP contribution is -2.00. The lowest BCUT2D eigenvalue weighted by atomic mass is 9.96. The summed E-state index contributed by atoms with van der Waals surface area (Å²) in [5.41, 5.74) is 0. The third-order valence-corrected chi connectivity index (χ3v) is 2.81. The SMILES string of the molecule is CCC.CCC1CC(C)CC1C. The Hall–Kier alpha value is 0. The molecule has 12 heavy (non-hydrogen) atoms. The Morgan fingerprint density at radius 1 is 1.00 bits per heavy atom. The molecule has 0 N–H and O–H groups in total. The number of hydrogen-bond donors (Lipinski definition) is 0. The van der Waals surface area contributed by atoms with Crippen LogP contribution in [0.4, 0.5) is 0 Å². The average molecular weight is 170 g/mol. The largest absolute Gasteiger partial charge is 0.0656 e. The van der Waals surface area contributed by atoms with Gasteiger partial charge in [0.2, 0.25) is 0 Å². The normalized spacial score (nSPS) is 34.2. The van der Waals surface area contributed by atoms with Crippen molar-refractivity contribution in [2.45, 2.75) is 60.3 Å². The van der Waals surface area contributed by atoms with E-state index in [0.717, 1.165) is 17.8 Å². The van der Waals surface area contributed by atoms with E-state index in [1.54, 1.807) is 0 Å². The molecule has 1 aliphatic rings. The Morgan fingerprint density at radius 2 is 1.50 bits per heavy atom. The molecule has 0 aromatic carbocycles. The van der Waals surface area contributed by atoms with Crippen LogP contribution >= 0.6 is 0 Å². The van der Waals surface area contributed by atoms with Crippen molar-refractivity contribution in [1.82, 2.24) is 0 Å². The van der Waals surface area contributed by atoms with Gasteiger partial charge in [0.15, 0.2) is 0 Å². The van der Waals surface area contributed by atoms with E-state index in [-0.39, 0.29) is 0 Å². The van der Waals surface area contributed by atoms with Crippen molar-refractivity contribution in [3.05, 3.63) is 0 Å². The Balaban J connectivity index is 0.000000354. The molecule has 0 saturated heterocycles. The van der Waals surface area contributed by atoms with Gasteiger partial charge in [0.1, 0.15) is 0 Å². The van der Waals surface area contributed by atoms with Crippen LogP contribution in [0.25, 0.3) is 0 Å². The maximum absolute atomic E-state index is 2.40. The van der Waals surface area contributed by atoms with Crippen LogP contribution in [0.15, 0.2) is 0 Å². The lowest BCUT2D eigenvalue weighted by molar-refractivity contribution is 0.406. The second kappa shape index (κ2) is 6.51. The Bertz CT molecular complexity index is 96.2. The Morgan fingerprint density at radius 3 is 1.67 bits per heavy atom. The maximum atomic E-state index is 2.40. The van der Waals surface area contributed by atoms with Gasteiger partial charge in [0.05, 0.1) is 0 Å². The van der Waals surface area contributed by atoms with Gasteiger partial charge in [-0.15, -0.1) is 0 Å². The minimum absolute atomic E-state index is 1.00. The van der Waals surface area contributed by atoms with E-state index in [4.69, 9.17) is 0 Å². The highest BCUT2D eigenvalue weighted by atomic mass is 14.3. The zero-order chi connectivity index (χ0) is 9.56. The van der Waals surface area contributed by atoms with Gasteiger partial charge in [0, 0.05) is 0 Å². The van der Waals surface area contributed by atoms with Gasteiger partial charge < -0.3 is 0 Å². The summed E-state index contributed by atoms with van der Waals surface area (Å²) in [7, 11) is 0. The summed E-state index contributed by atoms with van der Waals surface area (Å²) in [4.78, 5) is 0. The van der Waals surface area contributed by atoms with Crippen LogP contribution in [-0.4, -0.2) is 0 Å². The highest BCUT2D eigenvalue weighted by molar-refractivity contribution is 4.77. The monoisotopic (exact) mass is 170 g/mol. The fourth-order valence-electron chi connectivity index (χ4n) is 2.24. The van der Waals surface area contributed by atoms with Gasteiger partial charge in [-0.25, -0.2) is 0 Å². The third-order valence-electron chi connectivity index (χ3n) is 2.81. The molecule has 74 valence electrons. The molecule has 0 aliphatic heterocycles. The quantitative estimate of drug-likeness (QED) is 0.543. The minimum Gasteiger partial charge on any atom is -0.0656 e. The van der Waals surface area contributed by atoms with Gasteiger partial charge in [-0.05, 0) is 30.6 Å². The van der Waals surface area contributed by atoms with E-state index in [1.807, 2.05) is 0 Å². The molecule has 1 aliphatic carbocycles. The maximum Gasteiger partial charge on any atom is -0.0388 e. The molecule has 1 rings (SSSR count). The van der Waals surface area contributed by atoms with Crippen molar-refractivity contribution in [1.29, 1.82) is 0 Å². The zero-order valence-electron chi connectivity index (χ0n) is 9.56. The smallest absolute Gasteiger partial charge is 0.0388 e. The third kappa shape index (κ3) is 4.13. The van der Waals surface area contributed by atoms with Crippen molar-refractivity contribution in [3.63, 3.8) is 0 Å². The number of hydrogen-bond acceptors (Lipinski definition) is 0. The summed E-state index contributed by atoms with van der Waals surface area (Å²) in [5.74, 6) is 3.05. The van der Waals surface area contributed by atoms with E-state index in [1.165, 1.54) is 25.7 Å². The predicted octanol–water partition coefficient (Wildman–Crippen LogP) is 4.49. The van der Waals surface area contributed by atoms with Crippen molar-refractivity contribution in [2.75, 3.05) is 0 Å². The summed E-state index contributed by atoms with van der Waals surface area (Å²) in [6.07, 6.45) is 5.60. The van der Waals surface area contributed by atoms with E-state index in [2.05, 4.69) is 34.6 Å². The van der Waals surface area contributed by atoms with Gasteiger partial charge in [-0.2, -0.15) is 0 Å². The fraction of sp³-hybridized carbons (Fsp3) is 1.00. The molecule has 0 spiro atoms. The van der Waals surface area contributed by atoms with Crippen LogP contribution in [0.1, 0.15) is 60.3 Å². The van der Waals surface area contributed by atoms with E-state index >= 15 is 0 Å².